The van der Waals surface area contributed by atoms with Crippen molar-refractivity contribution < 1.29 is 113 Å². The van der Waals surface area contributed by atoms with Crippen molar-refractivity contribution in [1.82, 2.24) is 16.0 Å². The van der Waals surface area contributed by atoms with Crippen LogP contribution in [0.2, 0.25) is 0 Å². The van der Waals surface area contributed by atoms with E-state index in [1.54, 1.807) is 0 Å². The number of amides is 3. The summed E-state index contributed by atoms with van der Waals surface area (Å²) in [4.78, 5) is 46.2. The summed E-state index contributed by atoms with van der Waals surface area (Å²) >= 11 is 0. The van der Waals surface area contributed by atoms with E-state index >= 15 is 0 Å². The molecule has 15 heteroatoms. The molecule has 3 aliphatic rings. The first kappa shape index (κ1) is 82.5. The van der Waals surface area contributed by atoms with E-state index in [0.717, 1.165) is 33.1 Å². The van der Waals surface area contributed by atoms with Gasteiger partial charge in [0.15, 0.2) is 0 Å². The molecule has 6 aromatic rings. The summed E-state index contributed by atoms with van der Waals surface area (Å²) in [6.07, 6.45) is 0. The van der Waals surface area contributed by atoms with E-state index in [1.165, 1.54) is 50.4 Å². The van der Waals surface area contributed by atoms with Gasteiger partial charge in [0.2, 0.25) is 0 Å². The van der Waals surface area contributed by atoms with Gasteiger partial charge in [-0.15, -0.1) is 0 Å². The zero-order valence-electron chi connectivity index (χ0n) is 61.9. The Balaban J connectivity index is 0.000000293. The standard InChI is InChI=1S/3C26H36BN2O.3Y/c3*1-16(2)19-11-12-20(27-15-19)22(30)28-23-25(5,6)24(26(23,7)8)29(9)21-13-10-17(3)14-18(21)4;;;/h3*10-13,15-16,23-24H,1-9H3,(H,28,30);;;/q3*-1;;;. The van der Waals surface area contributed by atoms with Gasteiger partial charge >= 0.3 is 550 Å². The van der Waals surface area contributed by atoms with Crippen molar-refractivity contribution in [3.05, 3.63) is 175 Å². The molecule has 0 bridgehead atoms. The molecule has 0 unspecified atom stereocenters. The summed E-state index contributed by atoms with van der Waals surface area (Å²) in [5.41, 5.74) is 16.2. The maximum absolute atomic E-state index is 13.0. The van der Waals surface area contributed by atoms with Gasteiger partial charge in [-0.25, -0.2) is 0 Å². The molecule has 489 valence electrons. The molecule has 3 radical (unpaired) electrons. The molecule has 9 nitrogen and oxygen atoms in total. The van der Waals surface area contributed by atoms with Gasteiger partial charge in [-0.2, -0.15) is 0 Å². The van der Waals surface area contributed by atoms with Crippen molar-refractivity contribution in [3.63, 3.8) is 0 Å². The molecule has 0 spiro atoms. The topological polar surface area (TPSA) is 97.0 Å². The molecule has 3 aromatic heterocycles. The Labute approximate surface area is 640 Å². The zero-order chi connectivity index (χ0) is 67.3. The van der Waals surface area contributed by atoms with Crippen LogP contribution < -0.4 is 30.7 Å². The molecule has 0 atom stereocenters. The molecule has 0 aliphatic heterocycles. The third-order valence-corrected chi connectivity index (χ3v) is 21.1. The molecule has 3 aliphatic carbocycles. The molecule has 3 aromatic carbocycles. The summed E-state index contributed by atoms with van der Waals surface area (Å²) < 4.78 is 0. The van der Waals surface area contributed by atoms with Crippen molar-refractivity contribution in [2.45, 2.75) is 220 Å². The maximum atomic E-state index is 13.0. The van der Waals surface area contributed by atoms with E-state index < -0.39 is 0 Å². The van der Waals surface area contributed by atoms with Crippen molar-refractivity contribution in [3.8, 4) is 0 Å². The van der Waals surface area contributed by atoms with Crippen LogP contribution in [0, 0.1) is 92.2 Å². The van der Waals surface area contributed by atoms with Crippen LogP contribution in [0.4, 0.5) is 17.1 Å². The zero-order valence-corrected chi connectivity index (χ0v) is 70.4. The Bertz CT molecular complexity index is 3130. The Morgan fingerprint density at radius 3 is 0.731 bits per heavy atom. The van der Waals surface area contributed by atoms with Gasteiger partial charge in [0.05, 0.1) is 0 Å². The Morgan fingerprint density at radius 2 is 0.570 bits per heavy atom. The molecule has 9 rings (SSSR count). The van der Waals surface area contributed by atoms with Crippen molar-refractivity contribution in [2.24, 2.45) is 32.5 Å². The fourth-order valence-corrected chi connectivity index (χ4v) is 18.0. The van der Waals surface area contributed by atoms with Crippen molar-refractivity contribution in [1.29, 1.82) is 0 Å². The Kier molecular flexibility index (Phi) is 28.3. The maximum Gasteiger partial charge on any atom is 0 e. The number of hydrogen-bond acceptors (Lipinski definition) is 6. The number of aryl methyl sites for hydroxylation is 6. The number of nitrogens with one attached hydrogen (secondary N) is 3. The molecule has 0 saturated heterocycles. The minimum atomic E-state index is -0.0664. The first-order valence-corrected chi connectivity index (χ1v) is 33.0. The van der Waals surface area contributed by atoms with Gasteiger partial charge in [0.25, 0.3) is 0 Å². The first-order valence-electron chi connectivity index (χ1n) is 33.0. The summed E-state index contributed by atoms with van der Waals surface area (Å²) in [6.45, 7) is 58.6. The summed E-state index contributed by atoms with van der Waals surface area (Å²) in [7, 11) is 6.51. The second-order valence-electron chi connectivity index (χ2n) is 31.5. The minimum Gasteiger partial charge on any atom is 0 e. The van der Waals surface area contributed by atoms with E-state index in [-0.39, 0.29) is 166 Å². The summed E-state index contributed by atoms with van der Waals surface area (Å²) in [6, 6.07) is 36.4. The number of benzene rings is 3. The monoisotopic (exact) mass is 1480 g/mol. The Morgan fingerprint density at radius 1 is 0.366 bits per heavy atom. The molecule has 3 fully saturated rings. The van der Waals surface area contributed by atoms with Crippen molar-refractivity contribution in [2.75, 3.05) is 35.8 Å². The minimum absolute atomic E-state index is 0. The predicted octanol–water partition coefficient (Wildman–Crippen LogP) is 15.7. The van der Waals surface area contributed by atoms with Crippen LogP contribution in [0.25, 0.3) is 0 Å². The molecule has 3 heterocycles. The van der Waals surface area contributed by atoms with Crippen LogP contribution >= 0.6 is 0 Å². The van der Waals surface area contributed by atoms with Crippen LogP contribution in [-0.4, -0.2) is 95.8 Å². The predicted molar refractivity (Wildman–Crippen MR) is 383 cm³/mol. The summed E-state index contributed by atoms with van der Waals surface area (Å²) in [5, 5.41) is 10.0. The third kappa shape index (κ3) is 17.2. The molecule has 3 N–H and O–H groups in total. The molecular formula is C78H108B3N6O3Y3-3. The second-order valence-corrected chi connectivity index (χ2v) is 31.5. The number of hydrogen-bond donors (Lipinski definition) is 3. The number of carbonyl (C=O) groups is 3. The number of rotatable bonds is 15. The van der Waals surface area contributed by atoms with Crippen LogP contribution in [0.1, 0.15) is 223 Å². The molecule has 3 amide bonds. The average Bonchev–Trinajstić information content (AvgIpc) is 0.717. The van der Waals surface area contributed by atoms with E-state index in [0.29, 0.717) is 35.9 Å². The van der Waals surface area contributed by atoms with E-state index in [1.807, 2.05) is 38.9 Å². The van der Waals surface area contributed by atoms with E-state index in [2.05, 4.69) is 309 Å². The van der Waals surface area contributed by atoms with Crippen LogP contribution in [0.3, 0.4) is 0 Å². The van der Waals surface area contributed by atoms with Gasteiger partial charge in [-0.1, -0.05) is 0 Å². The van der Waals surface area contributed by atoms with Gasteiger partial charge < -0.3 is 0 Å². The van der Waals surface area contributed by atoms with Crippen LogP contribution in [0.5, 0.6) is 0 Å². The van der Waals surface area contributed by atoms with Crippen LogP contribution in [0.15, 0.2) is 90.7 Å². The van der Waals surface area contributed by atoms with Crippen LogP contribution in [-0.2, 0) is 98.1 Å². The normalized spacial score (nSPS) is 21.0. The number of anilines is 3. The van der Waals surface area contributed by atoms with Gasteiger partial charge in [-0.05, 0) is 0 Å². The Hall–Kier alpha value is -2.97. The number of carbonyl (C=O) groups excluding carboxylic acids is 3. The van der Waals surface area contributed by atoms with E-state index in [4.69, 9.17) is 0 Å². The van der Waals surface area contributed by atoms with Gasteiger partial charge in [0.1, 0.15) is 0 Å². The first-order chi connectivity index (χ1) is 41.6. The quantitative estimate of drug-likeness (QED) is 0.0887. The third-order valence-electron chi connectivity index (χ3n) is 21.1. The molecule has 3 saturated carbocycles. The van der Waals surface area contributed by atoms with Crippen molar-refractivity contribution >= 4 is 55.5 Å². The van der Waals surface area contributed by atoms with Gasteiger partial charge in [0, 0.05) is 98.1 Å². The number of nitrogens with zero attached hydrogens (tertiary/aromatic N) is 3. The second kappa shape index (κ2) is 31.9. The fraction of sp³-hybridized carbons (Fsp3) is 0.538. The SMILES string of the molecule is Cc1[c-]c(C)c(N(C)C2C(C)(C)C(NC(=O)c3bcc(C(C)C)cc3)C2(C)C)cc1.Cc1[c-]c(C)c(N(C)C2C(C)(C)C(NC(=O)c3bcc(C(C)C)cc3)C2(C)C)cc1.Cc1[c-]c(C)c(N(C)C2C(C)(C)C(NC(=O)c3bcc(C(C)C)cc3)C2(C)C)cc1.[Y].[Y].[Y]. The van der Waals surface area contributed by atoms with E-state index in [9.17, 15) is 14.4 Å². The van der Waals surface area contributed by atoms with Gasteiger partial charge in [-0.3, -0.25) is 0 Å². The fourth-order valence-electron chi connectivity index (χ4n) is 18.0. The molecule has 93 heavy (non-hydrogen) atoms. The summed E-state index contributed by atoms with van der Waals surface area (Å²) in [5.74, 6) is 7.60. The largest absolute Gasteiger partial charge is 0 e. The smallest absolute Gasteiger partial charge is 0 e. The average molecular weight is 1480 g/mol. The molecular weight excluding hydrogens is 1370 g/mol.